The molecule has 2 aliphatic heterocycles. The van der Waals surface area contributed by atoms with E-state index in [1.807, 2.05) is 35.2 Å². The van der Waals surface area contributed by atoms with Crippen LogP contribution in [-0.4, -0.2) is 52.4 Å². The zero-order chi connectivity index (χ0) is 19.7. The van der Waals surface area contributed by atoms with E-state index >= 15 is 0 Å². The second-order valence-corrected chi connectivity index (χ2v) is 8.20. The maximum atomic E-state index is 13.2. The van der Waals surface area contributed by atoms with Crippen LogP contribution in [-0.2, 0) is 4.79 Å². The summed E-state index contributed by atoms with van der Waals surface area (Å²) >= 11 is 0. The van der Waals surface area contributed by atoms with Crippen molar-refractivity contribution in [1.82, 2.24) is 9.80 Å². The molecule has 0 bridgehead atoms. The normalized spacial score (nSPS) is 23.0. The number of amides is 2. The summed E-state index contributed by atoms with van der Waals surface area (Å²) in [5.41, 5.74) is 0.280. The summed E-state index contributed by atoms with van der Waals surface area (Å²) in [5.74, 6) is 0.473. The molecular weight excluding hydrogens is 352 g/mol. The molecule has 4 rings (SSSR count). The number of aromatic hydroxyl groups is 1. The molecule has 0 spiro atoms. The lowest BCUT2D eigenvalue weighted by Crippen LogP contribution is -2.48. The Morgan fingerprint density at radius 3 is 2.61 bits per heavy atom. The Balaban J connectivity index is 1.57. The predicted octanol–water partition coefficient (Wildman–Crippen LogP) is 3.80. The highest BCUT2D eigenvalue weighted by Crippen LogP contribution is 2.32. The van der Waals surface area contributed by atoms with Crippen LogP contribution < -0.4 is 0 Å². The average molecular weight is 380 g/mol. The van der Waals surface area contributed by atoms with Gasteiger partial charge in [0.2, 0.25) is 5.91 Å². The van der Waals surface area contributed by atoms with Gasteiger partial charge in [-0.2, -0.15) is 0 Å². The Hall–Kier alpha value is -2.56. The van der Waals surface area contributed by atoms with E-state index in [0.29, 0.717) is 24.3 Å². The van der Waals surface area contributed by atoms with E-state index in [4.69, 9.17) is 0 Å². The number of hydrogen-bond acceptors (Lipinski definition) is 3. The van der Waals surface area contributed by atoms with Crippen LogP contribution in [0.1, 0.15) is 49.4 Å². The minimum atomic E-state index is -0.410. The molecule has 2 saturated heterocycles. The quantitative estimate of drug-likeness (QED) is 0.862. The summed E-state index contributed by atoms with van der Waals surface area (Å²) in [6.07, 6.45) is 4.73. The molecule has 2 aromatic rings. The highest BCUT2D eigenvalue weighted by molar-refractivity contribution is 6.05. The van der Waals surface area contributed by atoms with E-state index in [1.165, 1.54) is 0 Å². The molecule has 2 unspecified atom stereocenters. The number of nitrogens with zero attached hydrogens (tertiary/aromatic N) is 2. The summed E-state index contributed by atoms with van der Waals surface area (Å²) in [6, 6.07) is 10.6. The summed E-state index contributed by atoms with van der Waals surface area (Å²) in [6.45, 7) is 4.36. The minimum Gasteiger partial charge on any atom is -0.506 e. The maximum Gasteiger partial charge on any atom is 0.258 e. The number of carbonyl (C=O) groups is 2. The van der Waals surface area contributed by atoms with E-state index in [9.17, 15) is 14.7 Å². The number of fused-ring (bicyclic) bond motifs is 1. The summed E-state index contributed by atoms with van der Waals surface area (Å²) < 4.78 is 0. The van der Waals surface area contributed by atoms with Crippen molar-refractivity contribution in [3.05, 3.63) is 42.0 Å². The van der Waals surface area contributed by atoms with Crippen molar-refractivity contribution < 1.29 is 14.7 Å². The van der Waals surface area contributed by atoms with E-state index in [2.05, 4.69) is 6.92 Å². The van der Waals surface area contributed by atoms with E-state index in [0.717, 1.165) is 44.2 Å². The third kappa shape index (κ3) is 3.46. The monoisotopic (exact) mass is 380 g/mol. The predicted molar refractivity (Wildman–Crippen MR) is 109 cm³/mol. The molecule has 5 heteroatoms. The zero-order valence-electron chi connectivity index (χ0n) is 16.4. The van der Waals surface area contributed by atoms with E-state index in [1.54, 1.807) is 11.0 Å². The molecule has 2 heterocycles. The molecular formula is C23H28N2O3. The summed E-state index contributed by atoms with van der Waals surface area (Å²) in [5, 5.41) is 12.2. The number of hydrogen-bond donors (Lipinski definition) is 1. The van der Waals surface area contributed by atoms with Gasteiger partial charge in [0.1, 0.15) is 11.8 Å². The van der Waals surface area contributed by atoms with Gasteiger partial charge in [0.25, 0.3) is 5.91 Å². The molecule has 148 valence electrons. The Kier molecular flexibility index (Phi) is 5.25. The molecule has 2 atom stereocenters. The number of phenolic OH excluding ortho intramolecular Hbond substituents is 1. The van der Waals surface area contributed by atoms with Gasteiger partial charge in [0, 0.05) is 25.0 Å². The Bertz CT molecular complexity index is 895. The van der Waals surface area contributed by atoms with E-state index in [-0.39, 0.29) is 23.1 Å². The van der Waals surface area contributed by atoms with Crippen molar-refractivity contribution in [3.8, 4) is 5.75 Å². The van der Waals surface area contributed by atoms with Gasteiger partial charge in [-0.1, -0.05) is 37.3 Å². The zero-order valence-corrected chi connectivity index (χ0v) is 16.4. The fraction of sp³-hybridized carbons (Fsp3) is 0.478. The Morgan fingerprint density at radius 1 is 0.964 bits per heavy atom. The van der Waals surface area contributed by atoms with Crippen LogP contribution in [0.2, 0.25) is 0 Å². The van der Waals surface area contributed by atoms with Gasteiger partial charge >= 0.3 is 0 Å². The van der Waals surface area contributed by atoms with Gasteiger partial charge < -0.3 is 14.9 Å². The summed E-state index contributed by atoms with van der Waals surface area (Å²) in [4.78, 5) is 30.0. The molecule has 28 heavy (non-hydrogen) atoms. The van der Waals surface area contributed by atoms with E-state index < -0.39 is 6.04 Å². The van der Waals surface area contributed by atoms with Crippen molar-refractivity contribution in [2.24, 2.45) is 5.92 Å². The van der Waals surface area contributed by atoms with Gasteiger partial charge in [-0.3, -0.25) is 9.59 Å². The van der Waals surface area contributed by atoms with Gasteiger partial charge in [-0.25, -0.2) is 0 Å². The average Bonchev–Trinajstić information content (AvgIpc) is 3.10. The van der Waals surface area contributed by atoms with Crippen LogP contribution in [0.15, 0.2) is 36.4 Å². The van der Waals surface area contributed by atoms with Gasteiger partial charge in [0.15, 0.2) is 0 Å². The van der Waals surface area contributed by atoms with Gasteiger partial charge in [0.05, 0.1) is 5.56 Å². The lowest BCUT2D eigenvalue weighted by Gasteiger charge is -2.30. The number of carbonyl (C=O) groups excluding carboxylic acids is 2. The molecule has 0 radical (unpaired) electrons. The van der Waals surface area contributed by atoms with Crippen molar-refractivity contribution >= 4 is 22.6 Å². The first-order valence-corrected chi connectivity index (χ1v) is 10.4. The fourth-order valence-electron chi connectivity index (χ4n) is 4.54. The molecule has 2 fully saturated rings. The molecule has 2 amide bonds. The third-order valence-corrected chi connectivity index (χ3v) is 6.26. The molecule has 0 aromatic heterocycles. The topological polar surface area (TPSA) is 60.9 Å². The molecule has 0 aliphatic carbocycles. The fourth-order valence-corrected chi connectivity index (χ4v) is 4.54. The van der Waals surface area contributed by atoms with Crippen molar-refractivity contribution in [3.63, 3.8) is 0 Å². The van der Waals surface area contributed by atoms with Crippen molar-refractivity contribution in [1.29, 1.82) is 0 Å². The van der Waals surface area contributed by atoms with Crippen LogP contribution >= 0.6 is 0 Å². The number of likely N-dealkylation sites (tertiary alicyclic amines) is 2. The lowest BCUT2D eigenvalue weighted by molar-refractivity contribution is -0.135. The largest absolute Gasteiger partial charge is 0.506 e. The Labute approximate surface area is 165 Å². The molecule has 5 nitrogen and oxygen atoms in total. The van der Waals surface area contributed by atoms with Crippen molar-refractivity contribution in [2.75, 3.05) is 19.6 Å². The van der Waals surface area contributed by atoms with Gasteiger partial charge in [-0.05, 0) is 49.5 Å². The highest BCUT2D eigenvalue weighted by Gasteiger charge is 2.38. The number of rotatable bonds is 2. The van der Waals surface area contributed by atoms with Crippen LogP contribution in [0.5, 0.6) is 5.75 Å². The first-order valence-electron chi connectivity index (χ1n) is 10.4. The third-order valence-electron chi connectivity index (χ3n) is 6.26. The van der Waals surface area contributed by atoms with Crippen LogP contribution in [0.25, 0.3) is 10.8 Å². The maximum absolute atomic E-state index is 13.2. The second kappa shape index (κ2) is 7.82. The van der Waals surface area contributed by atoms with Gasteiger partial charge in [-0.15, -0.1) is 0 Å². The lowest BCUT2D eigenvalue weighted by atomic mass is 10.0. The number of benzene rings is 2. The molecule has 0 saturated carbocycles. The van der Waals surface area contributed by atoms with Crippen LogP contribution in [0.3, 0.4) is 0 Å². The molecule has 2 aliphatic rings. The smallest absolute Gasteiger partial charge is 0.258 e. The second-order valence-electron chi connectivity index (χ2n) is 8.20. The van der Waals surface area contributed by atoms with Crippen LogP contribution in [0.4, 0.5) is 0 Å². The minimum absolute atomic E-state index is 0.00444. The first-order chi connectivity index (χ1) is 13.6. The first kappa shape index (κ1) is 18.8. The highest BCUT2D eigenvalue weighted by atomic mass is 16.3. The Morgan fingerprint density at radius 2 is 1.75 bits per heavy atom. The number of phenols is 1. The summed E-state index contributed by atoms with van der Waals surface area (Å²) in [7, 11) is 0. The van der Waals surface area contributed by atoms with Crippen LogP contribution in [0, 0.1) is 5.92 Å². The molecule has 2 aromatic carbocycles. The molecule has 1 N–H and O–H groups in total. The van der Waals surface area contributed by atoms with Crippen molar-refractivity contribution in [2.45, 2.75) is 45.1 Å². The standard InChI is InChI=1S/C23H28N2O3/c1-16-6-4-13-24(15-12-16)23(28)20-9-5-14-25(20)22(27)19-11-10-17-7-2-3-8-18(17)21(19)26/h2-3,7-8,10-11,16,20,26H,4-6,9,12-15H2,1H3. The SMILES string of the molecule is CC1CCCN(C(=O)C2CCCN2C(=O)c2ccc3ccccc3c2O)CC1.